The van der Waals surface area contributed by atoms with Crippen LogP contribution >= 0.6 is 72.0 Å². The largest absolute Gasteiger partial charge is 1.00 e. The Bertz CT molecular complexity index is 3940. The van der Waals surface area contributed by atoms with Gasteiger partial charge in [-0.1, -0.05) is 254 Å². The summed E-state index contributed by atoms with van der Waals surface area (Å²) in [6.07, 6.45) is 19.5. The van der Waals surface area contributed by atoms with Gasteiger partial charge in [0.15, 0.2) is 0 Å². The van der Waals surface area contributed by atoms with Crippen LogP contribution in [0.4, 0.5) is 0 Å². The first-order chi connectivity index (χ1) is 53.2. The molecule has 1 aliphatic heterocycles. The number of allylic oxidation sites excluding steroid dienone is 3. The normalized spacial score (nSPS) is 27.8. The van der Waals surface area contributed by atoms with Gasteiger partial charge in [-0.25, -0.2) is 0 Å². The minimum absolute atomic E-state index is 0. The molecule has 1 saturated heterocycles. The smallest absolute Gasteiger partial charge is 0.389 e. The standard InChI is InChI=1S/C17H20ClN3O.C17H19N3O.C17H20O2.C16H18N.C10H14O.C7H6O.C4H8O.CH2Cl2.4ClH.Li.Ti/c18-16-7-11-6-13(9-16)14(17(22,8-11)10-16)15(20-21-19)12-4-2-1-3-5-12;1-11-7-12-9-14(8-11)16(15(21)10-12)17(19-20-18)13-5-3-2-4-6-13;1-11-7-12-9-14(8-11)16(15(18)10-12)17(19)13-5-3-2-4-6-13;1-13(15-9-5-3-6-10-15)17-14(2)16-11-7-4-8-12-16;1-7-2-8-4-9(3-7)6-10(11)5-8;8-6-7-4-2-1-3-5-7;1-2-4-5-3-1;2-1-3;;;;;;/h1-5,11,13-15,22H,6-10H2;2-6,12,14,16-17H,1,7-10H2;2-6,12,14,16-17,19H,1,7-10H2;3-14H,1-2H3;8-9H,1-6H2;1-6H;1-4H2;1H2;4*1H;;/q;;;-1;;;;;;;;;+1;+4/p-4/t11?,13?,14-,15+,16+,17+;2*12?,14?,16?,17-;13-,14-;;;;;;;;;;/m1010........../s1. The van der Waals surface area contributed by atoms with Crippen LogP contribution in [0, 0.1) is 65.1 Å². The van der Waals surface area contributed by atoms with Gasteiger partial charge in [0.1, 0.15) is 23.6 Å². The van der Waals surface area contributed by atoms with Crippen LogP contribution in [0.1, 0.15) is 211 Å². The summed E-state index contributed by atoms with van der Waals surface area (Å²) in [6, 6.07) is 58.8. The summed E-state index contributed by atoms with van der Waals surface area (Å²) < 4.78 is 4.94. The molecule has 6 aromatic carbocycles. The SMILES string of the molecule is C1CCOC1.C=C1CC2CC(=O)C([C@@H](N=[N+]=[N-])c3ccccc3)C(C1)C2.C=C1CC2CC(=O)C([C@H](O)c3ccccc3)C(C1)C2.C=C1CC2CC(=O)CC(C1)C2.C[C@H]([N-][C@@H](C)c1ccccc1)c1ccccc1.ClCCl.O=Cc1ccccc1.[Cl][Ti]([Cl])([Cl])[Cl].[Li+].[N-]=[N+]=N[C@@H](c1ccccc1)[C@H]1C2CC3C[C@](Cl)(C2)C[C@@]1(O)C3. The molecule has 11 aliphatic rings. The first kappa shape index (κ1) is 94.2. The molecule has 0 amide bonds. The van der Waals surface area contributed by atoms with Crippen molar-refractivity contribution in [1.82, 2.24) is 0 Å². The number of benzene rings is 6. The van der Waals surface area contributed by atoms with Gasteiger partial charge in [0, 0.05) is 71.0 Å². The molecule has 6 aromatic rings. The Labute approximate surface area is 709 Å². The van der Waals surface area contributed by atoms with E-state index >= 15 is 0 Å². The van der Waals surface area contributed by atoms with Gasteiger partial charge >= 0.3 is 68.4 Å². The molecular formula is C89H107Cl7LiN7O7Ti. The van der Waals surface area contributed by atoms with E-state index in [1.807, 2.05) is 121 Å². The number of hydrogen-bond acceptors (Lipinski definition) is 9. The molecule has 10 aliphatic carbocycles. The number of aldehydes is 1. The molecule has 18 atom stereocenters. The summed E-state index contributed by atoms with van der Waals surface area (Å²) in [5.41, 5.74) is 27.1. The maximum absolute atomic E-state index is 12.6. The Hall–Kier alpha value is -4.98. The summed E-state index contributed by atoms with van der Waals surface area (Å²) in [6.45, 7) is 18.5. The number of ether oxygens (including phenoxy) is 1. The average molecular weight is 1690 g/mol. The molecule has 10 bridgehead atoms. The second kappa shape index (κ2) is 47.4. The van der Waals surface area contributed by atoms with Crippen molar-refractivity contribution < 1.29 is 65.3 Å². The quantitative estimate of drug-likeness (QED) is 0.0216. The zero-order chi connectivity index (χ0) is 80.1. The average Bonchev–Trinajstić information content (AvgIpc) is 0.814. The van der Waals surface area contributed by atoms with E-state index in [1.54, 1.807) is 12.1 Å². The van der Waals surface area contributed by atoms with Crippen LogP contribution in [-0.4, -0.2) is 62.9 Å². The molecule has 10 saturated carbocycles. The van der Waals surface area contributed by atoms with Crippen molar-refractivity contribution in [3.63, 3.8) is 0 Å². The van der Waals surface area contributed by atoms with Crippen LogP contribution in [0.2, 0.25) is 0 Å². The van der Waals surface area contributed by atoms with Crippen molar-refractivity contribution in [2.24, 2.45) is 75.3 Å². The summed E-state index contributed by atoms with van der Waals surface area (Å²) in [7, 11) is 20.1. The van der Waals surface area contributed by atoms with E-state index < -0.39 is 24.1 Å². The van der Waals surface area contributed by atoms with Crippen molar-refractivity contribution in [2.45, 2.75) is 183 Å². The van der Waals surface area contributed by atoms with Gasteiger partial charge in [0.05, 0.1) is 35.0 Å². The predicted molar refractivity (Wildman–Crippen MR) is 450 cm³/mol. The first-order valence-electron chi connectivity index (χ1n) is 38.9. The zero-order valence-corrected chi connectivity index (χ0v) is 71.6. The van der Waals surface area contributed by atoms with Crippen molar-refractivity contribution in [3.05, 3.63) is 278 Å². The molecule has 1 heterocycles. The maximum Gasteiger partial charge on any atom is 1.00 e. The van der Waals surface area contributed by atoms with E-state index in [2.05, 4.69) is 102 Å². The van der Waals surface area contributed by atoms with E-state index in [4.69, 9.17) is 93.1 Å². The Morgan fingerprint density at radius 3 is 1.29 bits per heavy atom. The topological polar surface area (TPSA) is 230 Å². The van der Waals surface area contributed by atoms with Gasteiger partial charge in [-0.15, -0.1) is 46.9 Å². The number of carbonyl (C=O) groups is 4. The van der Waals surface area contributed by atoms with Crippen molar-refractivity contribution >= 4 is 95.7 Å². The number of halogens is 7. The molecule has 17 rings (SSSR count). The molecule has 112 heavy (non-hydrogen) atoms. The van der Waals surface area contributed by atoms with Crippen LogP contribution in [-0.2, 0) is 31.5 Å². The maximum atomic E-state index is 12.6. The number of alkyl halides is 3. The minimum atomic E-state index is -3.11. The fourth-order valence-corrected chi connectivity index (χ4v) is 19.8. The van der Waals surface area contributed by atoms with Crippen LogP contribution in [0.5, 0.6) is 0 Å². The van der Waals surface area contributed by atoms with Crippen LogP contribution < -0.4 is 18.9 Å². The molecule has 0 spiro atoms. The van der Waals surface area contributed by atoms with Crippen molar-refractivity contribution in [1.29, 1.82) is 0 Å². The predicted octanol–water partition coefficient (Wildman–Crippen LogP) is 23.1. The van der Waals surface area contributed by atoms with Gasteiger partial charge in [0.25, 0.3) is 0 Å². The van der Waals surface area contributed by atoms with Gasteiger partial charge in [-0.05, 0) is 178 Å². The van der Waals surface area contributed by atoms with Gasteiger partial charge < -0.3 is 20.3 Å². The number of azide groups is 2. The third kappa shape index (κ3) is 29.9. The molecule has 14 nitrogen and oxygen atoms in total. The van der Waals surface area contributed by atoms with Crippen molar-refractivity contribution in [2.75, 3.05) is 18.6 Å². The monoisotopic (exact) mass is 1690 g/mol. The third-order valence-electron chi connectivity index (χ3n) is 23.0. The summed E-state index contributed by atoms with van der Waals surface area (Å²) in [5.74, 6) is 4.17. The van der Waals surface area contributed by atoms with E-state index in [0.29, 0.717) is 60.6 Å². The van der Waals surface area contributed by atoms with Gasteiger partial charge in [0.2, 0.25) is 0 Å². The number of fused-ring (bicyclic) bond motifs is 6. The second-order valence-corrected chi connectivity index (χ2v) is 48.7. The summed E-state index contributed by atoms with van der Waals surface area (Å²) in [5, 5.41) is 35.0. The van der Waals surface area contributed by atoms with E-state index in [9.17, 15) is 29.4 Å². The number of carbonyl (C=O) groups excluding carboxylic acids is 4. The van der Waals surface area contributed by atoms with Gasteiger partial charge in [-0.2, -0.15) is 0 Å². The van der Waals surface area contributed by atoms with Gasteiger partial charge in [-0.3, -0.25) is 19.2 Å². The van der Waals surface area contributed by atoms with E-state index in [1.165, 1.54) is 47.1 Å². The molecular weight excluding hydrogens is 1580 g/mol. The number of ketones is 3. The molecule has 11 fully saturated rings. The third-order valence-corrected chi connectivity index (χ3v) is 23.4. The molecule has 0 aromatic heterocycles. The first-order valence-corrected chi connectivity index (χ1v) is 48.9. The Balaban J connectivity index is 0.000000183. The fraction of sp³-hybridized carbons (Fsp3) is 0.483. The van der Waals surface area contributed by atoms with E-state index in [0.717, 1.165) is 132 Å². The number of nitrogens with zero attached hydrogens (tertiary/aromatic N) is 7. The van der Waals surface area contributed by atoms with Crippen LogP contribution in [0.15, 0.2) is 229 Å². The molecule has 0 radical (unpaired) electrons. The number of hydrogen-bond donors (Lipinski definition) is 2. The Morgan fingerprint density at radius 1 is 0.527 bits per heavy atom. The van der Waals surface area contributed by atoms with Crippen molar-refractivity contribution in [3.8, 4) is 0 Å². The molecule has 594 valence electrons. The van der Waals surface area contributed by atoms with Crippen LogP contribution in [0.25, 0.3) is 26.2 Å². The minimum Gasteiger partial charge on any atom is -0.389 e. The fourth-order valence-electron chi connectivity index (χ4n) is 19.2. The summed E-state index contributed by atoms with van der Waals surface area (Å²) in [4.78, 5) is 51.9. The molecule has 10 unspecified atom stereocenters. The zero-order valence-electron chi connectivity index (χ0n) is 64.7. The van der Waals surface area contributed by atoms with E-state index in [-0.39, 0.29) is 94.4 Å². The van der Waals surface area contributed by atoms with Crippen LogP contribution in [0.3, 0.4) is 0 Å². The number of Topliss-reactive ketones (excluding diaryl/α,β-unsaturated/α-hetero) is 3. The number of aliphatic hydroxyl groups is 2. The number of rotatable bonds is 13. The summed E-state index contributed by atoms with van der Waals surface area (Å²) >= 11 is 13.2. The Morgan fingerprint density at radius 2 is 0.893 bits per heavy atom. The Kier molecular flexibility index (Phi) is 39.9. The molecule has 23 heteroatoms. The second-order valence-electron chi connectivity index (χ2n) is 31.6. The molecule has 2 N–H and O–H groups in total. The number of aliphatic hydroxyl groups excluding tert-OH is 1.